The molecule has 0 aromatic heterocycles. The molecule has 2 atom stereocenters. The van der Waals surface area contributed by atoms with Gasteiger partial charge in [-0.05, 0) is 18.6 Å². The molecule has 1 rings (SSSR count). The van der Waals surface area contributed by atoms with Gasteiger partial charge in [0.25, 0.3) is 0 Å². The van der Waals surface area contributed by atoms with Crippen molar-refractivity contribution >= 4 is 11.9 Å². The Labute approximate surface area is 117 Å². The van der Waals surface area contributed by atoms with Crippen molar-refractivity contribution in [1.82, 2.24) is 5.32 Å². The van der Waals surface area contributed by atoms with Crippen molar-refractivity contribution in [2.24, 2.45) is 0 Å². The zero-order valence-corrected chi connectivity index (χ0v) is 11.7. The number of hydrogen-bond acceptors (Lipinski definition) is 5. The molecule has 6 heteroatoms. The summed E-state index contributed by atoms with van der Waals surface area (Å²) in [6.07, 6.45) is -2.51. The van der Waals surface area contributed by atoms with Crippen molar-refractivity contribution < 1.29 is 24.5 Å². The van der Waals surface area contributed by atoms with Gasteiger partial charge in [0.15, 0.2) is 0 Å². The number of aliphatic hydroxyl groups excluding tert-OH is 2. The van der Waals surface area contributed by atoms with Gasteiger partial charge in [0.1, 0.15) is 12.2 Å². The van der Waals surface area contributed by atoms with Crippen molar-refractivity contribution in [3.63, 3.8) is 0 Å². The Balaban J connectivity index is 3.01. The molecule has 0 aliphatic carbocycles. The minimum absolute atomic E-state index is 0.106. The van der Waals surface area contributed by atoms with E-state index in [4.69, 9.17) is 0 Å². The third-order valence-electron chi connectivity index (χ3n) is 2.86. The normalized spacial score (nSPS) is 13.4. The van der Waals surface area contributed by atoms with Crippen LogP contribution in [-0.4, -0.2) is 41.8 Å². The maximum Gasteiger partial charge on any atom is 0.338 e. The number of aryl methyl sites for hydroxylation is 1. The first-order valence-electron chi connectivity index (χ1n) is 6.16. The van der Waals surface area contributed by atoms with Crippen LogP contribution in [0.25, 0.3) is 0 Å². The van der Waals surface area contributed by atoms with Gasteiger partial charge in [-0.25, -0.2) is 4.79 Å². The zero-order chi connectivity index (χ0) is 15.3. The molecule has 1 aromatic rings. The van der Waals surface area contributed by atoms with Crippen molar-refractivity contribution in [3.8, 4) is 0 Å². The smallest absolute Gasteiger partial charge is 0.338 e. The lowest BCUT2D eigenvalue weighted by Gasteiger charge is -2.20. The molecule has 20 heavy (non-hydrogen) atoms. The summed E-state index contributed by atoms with van der Waals surface area (Å²) in [5.41, 5.74) is 1.29. The highest BCUT2D eigenvalue weighted by Gasteiger charge is 2.24. The summed E-state index contributed by atoms with van der Waals surface area (Å²) in [5, 5.41) is 22.4. The highest BCUT2D eigenvalue weighted by atomic mass is 16.5. The van der Waals surface area contributed by atoms with E-state index in [0.717, 1.165) is 5.56 Å². The molecule has 0 radical (unpaired) electrons. The molecule has 2 unspecified atom stereocenters. The van der Waals surface area contributed by atoms with Crippen LogP contribution in [0.1, 0.15) is 34.5 Å². The highest BCUT2D eigenvalue weighted by Crippen LogP contribution is 2.23. The van der Waals surface area contributed by atoms with Crippen LogP contribution >= 0.6 is 0 Å². The maximum atomic E-state index is 11.7. The number of methoxy groups -OCH3 is 1. The molecule has 110 valence electrons. The quantitative estimate of drug-likeness (QED) is 0.675. The van der Waals surface area contributed by atoms with E-state index in [2.05, 4.69) is 10.1 Å². The van der Waals surface area contributed by atoms with E-state index < -0.39 is 18.2 Å². The Morgan fingerprint density at radius 2 is 2.00 bits per heavy atom. The molecule has 0 spiro atoms. The SMILES string of the molecule is COC(=O)c1ccc(C)cc1C(O)C(O)CNC(C)=O. The molecular formula is C14H19NO5. The minimum atomic E-state index is -1.30. The fraction of sp³-hybridized carbons (Fsp3) is 0.429. The van der Waals surface area contributed by atoms with Crippen LogP contribution in [-0.2, 0) is 9.53 Å². The van der Waals surface area contributed by atoms with Gasteiger partial charge in [0, 0.05) is 13.5 Å². The number of hydrogen-bond donors (Lipinski definition) is 3. The van der Waals surface area contributed by atoms with Crippen LogP contribution in [0.3, 0.4) is 0 Å². The summed E-state index contributed by atoms with van der Waals surface area (Å²) in [4.78, 5) is 22.5. The Kier molecular flexibility index (Phi) is 5.66. The van der Waals surface area contributed by atoms with Crippen molar-refractivity contribution in [2.75, 3.05) is 13.7 Å². The fourth-order valence-electron chi connectivity index (χ4n) is 1.79. The average Bonchev–Trinajstić information content (AvgIpc) is 2.42. The number of benzene rings is 1. The number of aliphatic hydroxyl groups is 2. The second-order valence-corrected chi connectivity index (χ2v) is 4.53. The van der Waals surface area contributed by atoms with Crippen LogP contribution in [0.5, 0.6) is 0 Å². The summed E-state index contributed by atoms with van der Waals surface area (Å²) < 4.78 is 4.64. The molecule has 0 aliphatic rings. The molecule has 0 aliphatic heterocycles. The van der Waals surface area contributed by atoms with E-state index in [1.165, 1.54) is 20.1 Å². The third-order valence-corrected chi connectivity index (χ3v) is 2.86. The van der Waals surface area contributed by atoms with Crippen LogP contribution in [0.4, 0.5) is 0 Å². The standard InChI is InChI=1S/C14H19NO5/c1-8-4-5-10(14(19)20-3)11(6-8)13(18)12(17)7-15-9(2)16/h4-6,12-13,17-18H,7H2,1-3H3,(H,15,16). The zero-order valence-electron chi connectivity index (χ0n) is 11.7. The summed E-state index contributed by atoms with van der Waals surface area (Å²) in [5.74, 6) is -0.903. The number of nitrogens with one attached hydrogen (secondary N) is 1. The summed E-state index contributed by atoms with van der Waals surface area (Å²) in [6.45, 7) is 3.01. The molecule has 0 fully saturated rings. The minimum Gasteiger partial charge on any atom is -0.465 e. The molecule has 1 amide bonds. The van der Waals surface area contributed by atoms with E-state index >= 15 is 0 Å². The van der Waals surface area contributed by atoms with Gasteiger partial charge in [-0.1, -0.05) is 17.7 Å². The fourth-order valence-corrected chi connectivity index (χ4v) is 1.79. The summed E-state index contributed by atoms with van der Waals surface area (Å²) in [7, 11) is 1.24. The van der Waals surface area contributed by atoms with E-state index in [-0.39, 0.29) is 23.6 Å². The summed E-state index contributed by atoms with van der Waals surface area (Å²) in [6, 6.07) is 4.85. The monoisotopic (exact) mass is 281 g/mol. The second-order valence-electron chi connectivity index (χ2n) is 4.53. The highest BCUT2D eigenvalue weighted by molar-refractivity contribution is 5.91. The van der Waals surface area contributed by atoms with Crippen LogP contribution < -0.4 is 5.32 Å². The topological polar surface area (TPSA) is 95.9 Å². The van der Waals surface area contributed by atoms with Crippen molar-refractivity contribution in [2.45, 2.75) is 26.1 Å². The molecular weight excluding hydrogens is 262 g/mol. The van der Waals surface area contributed by atoms with Gasteiger partial charge in [0.05, 0.1) is 12.7 Å². The van der Waals surface area contributed by atoms with Crippen LogP contribution in [0, 0.1) is 6.92 Å². The first kappa shape index (κ1) is 16.1. The molecule has 6 nitrogen and oxygen atoms in total. The Morgan fingerprint density at radius 1 is 1.35 bits per heavy atom. The molecule has 3 N–H and O–H groups in total. The lowest BCUT2D eigenvalue weighted by molar-refractivity contribution is -0.119. The number of carbonyl (C=O) groups excluding carboxylic acids is 2. The molecule has 0 saturated carbocycles. The van der Waals surface area contributed by atoms with E-state index in [0.29, 0.717) is 0 Å². The van der Waals surface area contributed by atoms with Crippen LogP contribution in [0.15, 0.2) is 18.2 Å². The number of ether oxygens (including phenoxy) is 1. The molecule has 0 bridgehead atoms. The van der Waals surface area contributed by atoms with Gasteiger partial charge in [-0.3, -0.25) is 4.79 Å². The van der Waals surface area contributed by atoms with E-state index in [1.54, 1.807) is 19.1 Å². The summed E-state index contributed by atoms with van der Waals surface area (Å²) >= 11 is 0. The molecule has 0 saturated heterocycles. The number of amides is 1. The van der Waals surface area contributed by atoms with Crippen molar-refractivity contribution in [1.29, 1.82) is 0 Å². The first-order valence-corrected chi connectivity index (χ1v) is 6.16. The second kappa shape index (κ2) is 7.02. The lowest BCUT2D eigenvalue weighted by atomic mass is 9.96. The predicted octanol–water partition coefficient (Wildman–Crippen LogP) is 0.312. The number of carbonyl (C=O) groups is 2. The first-order chi connectivity index (χ1) is 9.36. The molecule has 1 aromatic carbocycles. The van der Waals surface area contributed by atoms with Gasteiger partial charge in [0.2, 0.25) is 5.91 Å². The number of esters is 1. The Morgan fingerprint density at radius 3 is 2.55 bits per heavy atom. The van der Waals surface area contributed by atoms with Gasteiger partial charge < -0.3 is 20.3 Å². The van der Waals surface area contributed by atoms with Gasteiger partial charge in [-0.15, -0.1) is 0 Å². The van der Waals surface area contributed by atoms with Crippen LogP contribution in [0.2, 0.25) is 0 Å². The lowest BCUT2D eigenvalue weighted by Crippen LogP contribution is -2.34. The third kappa shape index (κ3) is 4.04. The Hall–Kier alpha value is -1.92. The van der Waals surface area contributed by atoms with Crippen molar-refractivity contribution in [3.05, 3.63) is 34.9 Å². The van der Waals surface area contributed by atoms with Gasteiger partial charge in [-0.2, -0.15) is 0 Å². The van der Waals surface area contributed by atoms with E-state index in [1.807, 2.05) is 0 Å². The Bertz CT molecular complexity index is 500. The molecule has 0 heterocycles. The maximum absolute atomic E-state index is 11.7. The number of rotatable bonds is 5. The largest absolute Gasteiger partial charge is 0.465 e. The average molecular weight is 281 g/mol. The predicted molar refractivity (Wildman–Crippen MR) is 72.2 cm³/mol. The van der Waals surface area contributed by atoms with E-state index in [9.17, 15) is 19.8 Å². The van der Waals surface area contributed by atoms with Gasteiger partial charge >= 0.3 is 5.97 Å².